The number of esters is 2. The lowest BCUT2D eigenvalue weighted by Gasteiger charge is -2.25. The Morgan fingerprint density at radius 2 is 1.30 bits per heavy atom. The summed E-state index contributed by atoms with van der Waals surface area (Å²) in [5.74, 6) is -1.01. The average Bonchev–Trinajstić information content (AvgIpc) is 2.42. The van der Waals surface area contributed by atoms with E-state index >= 15 is 0 Å². The van der Waals surface area contributed by atoms with Gasteiger partial charge < -0.3 is 9.47 Å². The summed E-state index contributed by atoms with van der Waals surface area (Å²) in [4.78, 5) is 25.4. The van der Waals surface area contributed by atoms with E-state index in [4.69, 9.17) is 9.47 Å². The van der Waals surface area contributed by atoms with E-state index in [0.717, 1.165) is 24.8 Å². The van der Waals surface area contributed by atoms with Gasteiger partial charge in [0.15, 0.2) is 0 Å². The standard InChI is InChI=1S/C23H36O4/c1-10-13-23(8,9)15-16-11-12-17(19(24)26-21(2,3)4)18(14-16)20(25)27-22(5,6)7/h11-12,14H,10,13,15H2,1-9H3. The zero-order valence-corrected chi connectivity index (χ0v) is 18.5. The molecule has 0 saturated heterocycles. The molecule has 0 saturated carbocycles. The number of hydrogen-bond acceptors (Lipinski definition) is 4. The van der Waals surface area contributed by atoms with Crippen LogP contribution in [0.4, 0.5) is 0 Å². The fourth-order valence-corrected chi connectivity index (χ4v) is 3.03. The molecule has 0 amide bonds. The smallest absolute Gasteiger partial charge is 0.339 e. The molecule has 0 radical (unpaired) electrons. The molecule has 152 valence electrons. The van der Waals surface area contributed by atoms with Crippen LogP contribution >= 0.6 is 0 Å². The molecule has 0 atom stereocenters. The monoisotopic (exact) mass is 376 g/mol. The summed E-state index contributed by atoms with van der Waals surface area (Å²) < 4.78 is 11.0. The molecular formula is C23H36O4. The summed E-state index contributed by atoms with van der Waals surface area (Å²) in [5.41, 5.74) is 0.374. The lowest BCUT2D eigenvalue weighted by atomic mass is 9.81. The van der Waals surface area contributed by atoms with Crippen LogP contribution in [0, 0.1) is 5.41 Å². The number of carbonyl (C=O) groups is 2. The molecule has 27 heavy (non-hydrogen) atoms. The topological polar surface area (TPSA) is 52.6 Å². The van der Waals surface area contributed by atoms with E-state index in [1.165, 1.54) is 0 Å². The van der Waals surface area contributed by atoms with Crippen LogP contribution in [0.3, 0.4) is 0 Å². The van der Waals surface area contributed by atoms with E-state index in [-0.39, 0.29) is 16.5 Å². The van der Waals surface area contributed by atoms with Gasteiger partial charge in [0.05, 0.1) is 11.1 Å². The van der Waals surface area contributed by atoms with E-state index in [1.807, 2.05) is 26.8 Å². The molecule has 1 rings (SSSR count). The molecule has 0 aromatic heterocycles. The van der Waals surface area contributed by atoms with Crippen LogP contribution in [0.2, 0.25) is 0 Å². The fourth-order valence-electron chi connectivity index (χ4n) is 3.03. The van der Waals surface area contributed by atoms with Crippen molar-refractivity contribution in [1.29, 1.82) is 0 Å². The summed E-state index contributed by atoms with van der Waals surface area (Å²) in [5, 5.41) is 0. The average molecular weight is 377 g/mol. The molecule has 4 nitrogen and oxygen atoms in total. The first kappa shape index (κ1) is 23.2. The first-order valence-electron chi connectivity index (χ1n) is 9.73. The first-order chi connectivity index (χ1) is 12.1. The Morgan fingerprint density at radius 1 is 0.815 bits per heavy atom. The van der Waals surface area contributed by atoms with Crippen molar-refractivity contribution in [3.63, 3.8) is 0 Å². The Labute approximate surface area is 164 Å². The molecule has 1 aromatic carbocycles. The van der Waals surface area contributed by atoms with E-state index in [0.29, 0.717) is 0 Å². The third-order valence-electron chi connectivity index (χ3n) is 3.93. The summed E-state index contributed by atoms with van der Waals surface area (Å²) >= 11 is 0. The van der Waals surface area contributed by atoms with E-state index in [1.54, 1.807) is 32.9 Å². The van der Waals surface area contributed by atoms with Crippen molar-refractivity contribution in [3.8, 4) is 0 Å². The number of hydrogen-bond donors (Lipinski definition) is 0. The predicted octanol–water partition coefficient (Wildman–Crippen LogP) is 5.97. The highest BCUT2D eigenvalue weighted by atomic mass is 16.6. The Kier molecular flexibility index (Phi) is 7.26. The van der Waals surface area contributed by atoms with Crippen LogP contribution in [0.15, 0.2) is 18.2 Å². The minimum Gasteiger partial charge on any atom is -0.456 e. The van der Waals surface area contributed by atoms with Crippen molar-refractivity contribution in [3.05, 3.63) is 34.9 Å². The normalized spacial score (nSPS) is 12.6. The zero-order chi connectivity index (χ0) is 21.0. The number of ether oxygens (including phenoxy) is 2. The van der Waals surface area contributed by atoms with Gasteiger partial charge in [0, 0.05) is 0 Å². The van der Waals surface area contributed by atoms with Crippen LogP contribution in [0.5, 0.6) is 0 Å². The number of rotatable bonds is 6. The van der Waals surface area contributed by atoms with Gasteiger partial charge in [-0.05, 0) is 77.5 Å². The number of carbonyl (C=O) groups excluding carboxylic acids is 2. The predicted molar refractivity (Wildman–Crippen MR) is 109 cm³/mol. The lowest BCUT2D eigenvalue weighted by molar-refractivity contribution is 0.00185. The molecule has 0 aliphatic carbocycles. The van der Waals surface area contributed by atoms with Gasteiger partial charge in [0.1, 0.15) is 11.2 Å². The zero-order valence-electron chi connectivity index (χ0n) is 18.5. The molecule has 0 aliphatic heterocycles. The van der Waals surface area contributed by atoms with Gasteiger partial charge in [-0.15, -0.1) is 0 Å². The summed E-state index contributed by atoms with van der Waals surface area (Å²) in [6, 6.07) is 5.37. The van der Waals surface area contributed by atoms with Crippen molar-refractivity contribution in [2.75, 3.05) is 0 Å². The first-order valence-corrected chi connectivity index (χ1v) is 9.73. The molecule has 4 heteroatoms. The maximum Gasteiger partial charge on any atom is 0.339 e. The summed E-state index contributed by atoms with van der Waals surface area (Å²) in [6.07, 6.45) is 3.01. The van der Waals surface area contributed by atoms with Gasteiger partial charge in [-0.25, -0.2) is 9.59 Å². The highest BCUT2D eigenvalue weighted by Crippen LogP contribution is 2.29. The van der Waals surface area contributed by atoms with Gasteiger partial charge in [-0.3, -0.25) is 0 Å². The van der Waals surface area contributed by atoms with Crippen LogP contribution in [0.25, 0.3) is 0 Å². The van der Waals surface area contributed by atoms with E-state index in [2.05, 4.69) is 20.8 Å². The third kappa shape index (κ3) is 8.15. The highest BCUT2D eigenvalue weighted by molar-refractivity contribution is 6.03. The molecule has 0 fully saturated rings. The lowest BCUT2D eigenvalue weighted by Crippen LogP contribution is -2.28. The van der Waals surface area contributed by atoms with Gasteiger partial charge >= 0.3 is 11.9 Å². The quantitative estimate of drug-likeness (QED) is 0.574. The number of benzene rings is 1. The van der Waals surface area contributed by atoms with Crippen LogP contribution in [-0.2, 0) is 15.9 Å². The van der Waals surface area contributed by atoms with Crippen molar-refractivity contribution in [1.82, 2.24) is 0 Å². The van der Waals surface area contributed by atoms with Crippen LogP contribution in [-0.4, -0.2) is 23.1 Å². The largest absolute Gasteiger partial charge is 0.456 e. The minimum atomic E-state index is -0.639. The maximum atomic E-state index is 12.8. The fraction of sp³-hybridized carbons (Fsp3) is 0.652. The Morgan fingerprint density at radius 3 is 1.74 bits per heavy atom. The molecular weight excluding hydrogens is 340 g/mol. The summed E-state index contributed by atoms with van der Waals surface area (Å²) in [6.45, 7) is 17.4. The van der Waals surface area contributed by atoms with Crippen LogP contribution in [0.1, 0.15) is 101 Å². The van der Waals surface area contributed by atoms with Crippen molar-refractivity contribution >= 4 is 11.9 Å². The molecule has 0 spiro atoms. The molecule has 0 heterocycles. The molecule has 0 bridgehead atoms. The van der Waals surface area contributed by atoms with Gasteiger partial charge in [0.2, 0.25) is 0 Å². The van der Waals surface area contributed by atoms with Crippen molar-refractivity contribution < 1.29 is 19.1 Å². The molecule has 0 aliphatic rings. The van der Waals surface area contributed by atoms with Gasteiger partial charge in [-0.1, -0.05) is 33.3 Å². The Hall–Kier alpha value is -1.84. The van der Waals surface area contributed by atoms with E-state index in [9.17, 15) is 9.59 Å². The SMILES string of the molecule is CCCC(C)(C)Cc1ccc(C(=O)OC(C)(C)C)c(C(=O)OC(C)(C)C)c1. The molecule has 0 N–H and O–H groups in total. The second kappa shape index (κ2) is 8.45. The molecule has 1 aromatic rings. The summed E-state index contributed by atoms with van der Waals surface area (Å²) in [7, 11) is 0. The maximum absolute atomic E-state index is 12.8. The molecule has 0 unspecified atom stereocenters. The highest BCUT2D eigenvalue weighted by Gasteiger charge is 2.27. The van der Waals surface area contributed by atoms with Crippen LogP contribution < -0.4 is 0 Å². The third-order valence-corrected chi connectivity index (χ3v) is 3.93. The second-order valence-corrected chi connectivity index (χ2v) is 9.97. The second-order valence-electron chi connectivity index (χ2n) is 9.97. The minimum absolute atomic E-state index is 0.118. The van der Waals surface area contributed by atoms with Gasteiger partial charge in [0.25, 0.3) is 0 Å². The van der Waals surface area contributed by atoms with Gasteiger partial charge in [-0.2, -0.15) is 0 Å². The Bertz CT molecular complexity index is 673. The van der Waals surface area contributed by atoms with Crippen molar-refractivity contribution in [2.45, 2.75) is 92.8 Å². The van der Waals surface area contributed by atoms with Crippen molar-refractivity contribution in [2.24, 2.45) is 5.41 Å². The van der Waals surface area contributed by atoms with E-state index < -0.39 is 23.1 Å². The Balaban J connectivity index is 3.30.